The van der Waals surface area contributed by atoms with E-state index >= 15 is 0 Å². The molecule has 8 heteroatoms. The van der Waals surface area contributed by atoms with Crippen molar-refractivity contribution in [1.29, 1.82) is 0 Å². The van der Waals surface area contributed by atoms with E-state index in [1.54, 1.807) is 13.0 Å². The van der Waals surface area contributed by atoms with Gasteiger partial charge in [-0.15, -0.1) is 0 Å². The lowest BCUT2D eigenvalue weighted by Crippen LogP contribution is -2.13. The average Bonchev–Trinajstić information content (AvgIpc) is 2.75. The van der Waals surface area contributed by atoms with Gasteiger partial charge in [0, 0.05) is 12.7 Å². The van der Waals surface area contributed by atoms with Gasteiger partial charge in [0.05, 0.1) is 11.9 Å². The van der Waals surface area contributed by atoms with E-state index in [4.69, 9.17) is 5.73 Å². The Morgan fingerprint density at radius 2 is 2.15 bits per heavy atom. The fourth-order valence-electron chi connectivity index (χ4n) is 1.75. The lowest BCUT2D eigenvalue weighted by molar-refractivity contribution is 0.597. The molecule has 108 valence electrons. The van der Waals surface area contributed by atoms with E-state index in [-0.39, 0.29) is 5.03 Å². The topological polar surface area (TPSA) is 103 Å². The van der Waals surface area contributed by atoms with E-state index in [1.807, 2.05) is 11.5 Å². The van der Waals surface area contributed by atoms with Gasteiger partial charge >= 0.3 is 0 Å². The Bertz CT molecular complexity index is 691. The van der Waals surface area contributed by atoms with Crippen molar-refractivity contribution in [3.05, 3.63) is 30.4 Å². The first-order valence-electron chi connectivity index (χ1n) is 6.20. The summed E-state index contributed by atoms with van der Waals surface area (Å²) in [6.07, 6.45) is 3.81. The van der Waals surface area contributed by atoms with Crippen LogP contribution in [0, 0.1) is 6.92 Å². The number of nitrogens with one attached hydrogen (secondary N) is 1. The Morgan fingerprint density at radius 3 is 2.75 bits per heavy atom. The molecule has 0 atom stereocenters. The van der Waals surface area contributed by atoms with Crippen LogP contribution >= 0.6 is 0 Å². The Hall–Kier alpha value is -2.09. The lowest BCUT2D eigenvalue weighted by atomic mass is 10.4. The van der Waals surface area contributed by atoms with E-state index in [9.17, 15) is 8.42 Å². The van der Waals surface area contributed by atoms with Crippen LogP contribution < -0.4 is 10.5 Å². The van der Waals surface area contributed by atoms with Gasteiger partial charge in [0.1, 0.15) is 11.6 Å². The highest BCUT2D eigenvalue weighted by atomic mass is 32.2. The number of aryl methyl sites for hydroxylation is 2. The molecule has 0 saturated carbocycles. The molecule has 0 saturated heterocycles. The first-order valence-corrected chi connectivity index (χ1v) is 7.69. The maximum Gasteiger partial charge on any atom is 0.281 e. The summed E-state index contributed by atoms with van der Waals surface area (Å²) in [5.41, 5.74) is 5.80. The molecule has 7 nitrogen and oxygen atoms in total. The number of aromatic nitrogens is 3. The Labute approximate surface area is 117 Å². The number of anilines is 2. The predicted molar refractivity (Wildman–Crippen MR) is 76.7 cm³/mol. The largest absolute Gasteiger partial charge is 0.384 e. The van der Waals surface area contributed by atoms with E-state index in [0.717, 1.165) is 13.0 Å². The molecule has 2 aromatic heterocycles. The van der Waals surface area contributed by atoms with Gasteiger partial charge in [-0.3, -0.25) is 4.72 Å². The van der Waals surface area contributed by atoms with Crippen LogP contribution in [0.15, 0.2) is 29.6 Å². The maximum absolute atomic E-state index is 12.2. The number of rotatable bonds is 5. The molecule has 0 bridgehead atoms. The second-order valence-electron chi connectivity index (χ2n) is 4.40. The fraction of sp³-hybridized carbons (Fsp3) is 0.333. The van der Waals surface area contributed by atoms with E-state index in [0.29, 0.717) is 17.3 Å². The van der Waals surface area contributed by atoms with Crippen molar-refractivity contribution in [2.24, 2.45) is 0 Å². The fourth-order valence-corrected chi connectivity index (χ4v) is 2.80. The van der Waals surface area contributed by atoms with Crippen LogP contribution in [0.2, 0.25) is 0 Å². The maximum atomic E-state index is 12.2. The highest BCUT2D eigenvalue weighted by Crippen LogP contribution is 2.15. The quantitative estimate of drug-likeness (QED) is 0.867. The third-order valence-corrected chi connectivity index (χ3v) is 3.98. The number of hydrogen-bond donors (Lipinski definition) is 2. The summed E-state index contributed by atoms with van der Waals surface area (Å²) in [5.74, 6) is 0.999. The summed E-state index contributed by atoms with van der Waals surface area (Å²) >= 11 is 0. The minimum Gasteiger partial charge on any atom is -0.384 e. The van der Waals surface area contributed by atoms with Gasteiger partial charge in [0.2, 0.25) is 0 Å². The summed E-state index contributed by atoms with van der Waals surface area (Å²) in [6.45, 7) is 4.53. The minimum absolute atomic E-state index is 0.000255. The van der Waals surface area contributed by atoms with Crippen molar-refractivity contribution in [3.63, 3.8) is 0 Å². The molecule has 0 unspecified atom stereocenters. The molecule has 0 aromatic carbocycles. The van der Waals surface area contributed by atoms with Gasteiger partial charge in [0.15, 0.2) is 5.03 Å². The number of pyridine rings is 1. The van der Waals surface area contributed by atoms with E-state index < -0.39 is 10.0 Å². The van der Waals surface area contributed by atoms with Gasteiger partial charge in [-0.25, -0.2) is 9.97 Å². The molecule has 0 spiro atoms. The lowest BCUT2D eigenvalue weighted by Gasteiger charge is -2.05. The second kappa shape index (κ2) is 5.49. The Kier molecular flexibility index (Phi) is 3.93. The van der Waals surface area contributed by atoms with Crippen molar-refractivity contribution < 1.29 is 8.42 Å². The molecule has 0 aliphatic rings. The van der Waals surface area contributed by atoms with Gasteiger partial charge in [0.25, 0.3) is 10.0 Å². The zero-order valence-corrected chi connectivity index (χ0v) is 12.2. The van der Waals surface area contributed by atoms with Crippen LogP contribution in [-0.4, -0.2) is 23.0 Å². The standard InChI is InChI=1S/C12H17N5O2S/c1-3-6-17-8-12(15-9(17)2)20(18,19)16-10-4-5-11(13)14-7-10/h4-5,7-8,16H,3,6H2,1-2H3,(H2,13,14). The molecule has 0 amide bonds. The zero-order chi connectivity index (χ0) is 14.8. The van der Waals surface area contributed by atoms with Crippen molar-refractivity contribution >= 4 is 21.5 Å². The molecule has 3 N–H and O–H groups in total. The van der Waals surface area contributed by atoms with Crippen LogP contribution in [0.4, 0.5) is 11.5 Å². The molecule has 0 aliphatic carbocycles. The second-order valence-corrected chi connectivity index (χ2v) is 6.03. The van der Waals surface area contributed by atoms with Crippen LogP contribution in [0.3, 0.4) is 0 Å². The number of sulfonamides is 1. The summed E-state index contributed by atoms with van der Waals surface area (Å²) in [5, 5.41) is 0.000255. The molecule has 20 heavy (non-hydrogen) atoms. The molecular formula is C12H17N5O2S. The SMILES string of the molecule is CCCn1cc(S(=O)(=O)Nc2ccc(N)nc2)nc1C. The van der Waals surface area contributed by atoms with Gasteiger partial charge < -0.3 is 10.3 Å². The Balaban J connectivity index is 2.26. The third kappa shape index (κ3) is 3.08. The summed E-state index contributed by atoms with van der Waals surface area (Å²) < 4.78 is 28.7. The monoisotopic (exact) mass is 295 g/mol. The third-order valence-electron chi connectivity index (χ3n) is 2.73. The molecule has 2 aromatic rings. The van der Waals surface area contributed by atoms with Crippen LogP contribution in [0.1, 0.15) is 19.2 Å². The number of nitrogen functional groups attached to an aromatic ring is 1. The van der Waals surface area contributed by atoms with Crippen molar-refractivity contribution in [1.82, 2.24) is 14.5 Å². The smallest absolute Gasteiger partial charge is 0.281 e. The predicted octanol–water partition coefficient (Wildman–Crippen LogP) is 1.38. The van der Waals surface area contributed by atoms with E-state index in [2.05, 4.69) is 14.7 Å². The van der Waals surface area contributed by atoms with Crippen LogP contribution in [0.25, 0.3) is 0 Å². The first-order chi connectivity index (χ1) is 9.42. The highest BCUT2D eigenvalue weighted by Gasteiger charge is 2.19. The molecule has 0 fully saturated rings. The number of hydrogen-bond acceptors (Lipinski definition) is 5. The van der Waals surface area contributed by atoms with Crippen LogP contribution in [0.5, 0.6) is 0 Å². The number of nitrogens with two attached hydrogens (primary N) is 1. The minimum atomic E-state index is -3.71. The number of imidazole rings is 1. The van der Waals surface area contributed by atoms with Crippen molar-refractivity contribution in [3.8, 4) is 0 Å². The summed E-state index contributed by atoms with van der Waals surface area (Å²) in [6, 6.07) is 3.08. The van der Waals surface area contributed by atoms with Gasteiger partial charge in [-0.05, 0) is 25.5 Å². The summed E-state index contributed by atoms with van der Waals surface area (Å²) in [4.78, 5) is 7.92. The molecule has 2 rings (SSSR count). The molecule has 0 radical (unpaired) electrons. The zero-order valence-electron chi connectivity index (χ0n) is 11.4. The summed E-state index contributed by atoms with van der Waals surface area (Å²) in [7, 11) is -3.71. The van der Waals surface area contributed by atoms with Crippen LogP contribution in [-0.2, 0) is 16.6 Å². The molecule has 2 heterocycles. The first kappa shape index (κ1) is 14.3. The van der Waals surface area contributed by atoms with Crippen molar-refractivity contribution in [2.75, 3.05) is 10.5 Å². The molecule has 0 aliphatic heterocycles. The molecular weight excluding hydrogens is 278 g/mol. The van der Waals surface area contributed by atoms with Gasteiger partial charge in [-0.1, -0.05) is 6.92 Å². The number of nitrogens with zero attached hydrogens (tertiary/aromatic N) is 3. The average molecular weight is 295 g/mol. The Morgan fingerprint density at radius 1 is 1.40 bits per heavy atom. The van der Waals surface area contributed by atoms with Crippen molar-refractivity contribution in [2.45, 2.75) is 31.8 Å². The normalized spacial score (nSPS) is 11.5. The highest BCUT2D eigenvalue weighted by molar-refractivity contribution is 7.92. The van der Waals surface area contributed by atoms with E-state index in [1.165, 1.54) is 18.5 Å². The van der Waals surface area contributed by atoms with Gasteiger partial charge in [-0.2, -0.15) is 8.42 Å².